The molecule has 3 heterocycles. The molecule has 2 fully saturated rings. The van der Waals surface area contributed by atoms with Crippen LogP contribution in [0.1, 0.15) is 5.76 Å². The average Bonchev–Trinajstić information content (AvgIpc) is 3.19. The number of amidine groups is 1. The summed E-state index contributed by atoms with van der Waals surface area (Å²) in [6, 6.07) is 11.4. The lowest BCUT2D eigenvalue weighted by molar-refractivity contribution is -0.115. The molecule has 134 valence electrons. The second-order valence-corrected chi connectivity index (χ2v) is 7.60. The summed E-state index contributed by atoms with van der Waals surface area (Å²) < 4.78 is 12.2. The van der Waals surface area contributed by atoms with E-state index in [-0.39, 0.29) is 5.91 Å². The van der Waals surface area contributed by atoms with Gasteiger partial charge in [0, 0.05) is 25.2 Å². The van der Waals surface area contributed by atoms with Gasteiger partial charge in [-0.05, 0) is 39.8 Å². The molecular weight excluding hydrogens is 418 g/mol. The molecule has 0 bridgehead atoms. The quantitative estimate of drug-likeness (QED) is 0.746. The van der Waals surface area contributed by atoms with Gasteiger partial charge >= 0.3 is 0 Å². The van der Waals surface area contributed by atoms with E-state index in [1.54, 1.807) is 6.08 Å². The first kappa shape index (κ1) is 17.4. The minimum atomic E-state index is -0.176. The minimum Gasteiger partial charge on any atom is -0.440 e. The van der Waals surface area contributed by atoms with E-state index in [9.17, 15) is 4.79 Å². The average molecular weight is 434 g/mol. The van der Waals surface area contributed by atoms with Gasteiger partial charge in [-0.1, -0.05) is 18.2 Å². The van der Waals surface area contributed by atoms with E-state index in [1.807, 2.05) is 36.4 Å². The summed E-state index contributed by atoms with van der Waals surface area (Å²) in [4.78, 5) is 19.3. The maximum atomic E-state index is 12.2. The first-order valence-corrected chi connectivity index (χ1v) is 9.77. The maximum absolute atomic E-state index is 12.2. The van der Waals surface area contributed by atoms with E-state index in [0.717, 1.165) is 29.1 Å². The summed E-state index contributed by atoms with van der Waals surface area (Å²) in [5.41, 5.74) is 0.798. The number of carbonyl (C=O) groups is 1. The van der Waals surface area contributed by atoms with Crippen molar-refractivity contribution in [2.75, 3.05) is 31.2 Å². The van der Waals surface area contributed by atoms with Crippen molar-refractivity contribution >= 4 is 56.4 Å². The van der Waals surface area contributed by atoms with E-state index in [2.05, 4.69) is 31.1 Å². The second kappa shape index (κ2) is 7.69. The van der Waals surface area contributed by atoms with Crippen molar-refractivity contribution in [2.24, 2.45) is 4.99 Å². The van der Waals surface area contributed by atoms with Gasteiger partial charge in [0.15, 0.2) is 5.17 Å². The minimum absolute atomic E-state index is 0.176. The monoisotopic (exact) mass is 433 g/mol. The van der Waals surface area contributed by atoms with Gasteiger partial charge < -0.3 is 19.4 Å². The number of thioether (sulfide) groups is 1. The summed E-state index contributed by atoms with van der Waals surface area (Å²) in [7, 11) is 0. The number of amides is 1. The molecule has 4 rings (SSSR count). The zero-order chi connectivity index (χ0) is 17.9. The van der Waals surface area contributed by atoms with Crippen LogP contribution in [0.2, 0.25) is 0 Å². The number of morpholine rings is 1. The van der Waals surface area contributed by atoms with E-state index < -0.39 is 0 Å². The van der Waals surface area contributed by atoms with Crippen molar-refractivity contribution in [2.45, 2.75) is 0 Å². The van der Waals surface area contributed by atoms with Crippen LogP contribution in [0.25, 0.3) is 6.08 Å². The normalized spacial score (nSPS) is 20.8. The number of hydrogen-bond donors (Lipinski definition) is 1. The third-order valence-electron chi connectivity index (χ3n) is 3.90. The van der Waals surface area contributed by atoms with Gasteiger partial charge in [0.1, 0.15) is 5.76 Å². The smallest absolute Gasteiger partial charge is 0.264 e. The molecule has 2 saturated heterocycles. The molecule has 2 aliphatic heterocycles. The summed E-state index contributed by atoms with van der Waals surface area (Å²) in [5, 5.41) is 3.34. The van der Waals surface area contributed by atoms with E-state index in [0.29, 0.717) is 29.0 Å². The zero-order valence-electron chi connectivity index (χ0n) is 13.8. The third kappa shape index (κ3) is 3.87. The van der Waals surface area contributed by atoms with Gasteiger partial charge in [-0.2, -0.15) is 0 Å². The van der Waals surface area contributed by atoms with Gasteiger partial charge in [0.25, 0.3) is 5.91 Å². The number of rotatable bonds is 3. The lowest BCUT2D eigenvalue weighted by atomic mass is 10.3. The lowest BCUT2D eigenvalue weighted by Gasteiger charge is -2.26. The fraction of sp³-hybridized carbons (Fsp3) is 0.222. The van der Waals surface area contributed by atoms with Crippen LogP contribution in [0.5, 0.6) is 0 Å². The number of nitrogens with zero attached hydrogens (tertiary/aromatic N) is 2. The van der Waals surface area contributed by atoms with Crippen molar-refractivity contribution < 1.29 is 13.9 Å². The molecule has 2 aromatic rings. The van der Waals surface area contributed by atoms with Gasteiger partial charge in [0.2, 0.25) is 5.88 Å². The van der Waals surface area contributed by atoms with Crippen LogP contribution < -0.4 is 10.2 Å². The Morgan fingerprint density at radius 2 is 2.00 bits per heavy atom. The molecule has 0 atom stereocenters. The molecular formula is C18H16BrN3O3S. The number of benzene rings is 1. The fourth-order valence-corrected chi connectivity index (χ4v) is 4.04. The number of carbonyl (C=O) groups excluding carboxylic acids is 1. The Labute approximate surface area is 163 Å². The van der Waals surface area contributed by atoms with Crippen molar-refractivity contribution in [1.29, 1.82) is 0 Å². The van der Waals surface area contributed by atoms with Gasteiger partial charge in [0.05, 0.1) is 28.3 Å². The van der Waals surface area contributed by atoms with Gasteiger partial charge in [-0.25, -0.2) is 4.99 Å². The predicted molar refractivity (Wildman–Crippen MR) is 107 cm³/mol. The number of ether oxygens (including phenoxy) is 1. The second-order valence-electron chi connectivity index (χ2n) is 5.72. The van der Waals surface area contributed by atoms with Crippen molar-refractivity contribution in [1.82, 2.24) is 5.32 Å². The van der Waals surface area contributed by atoms with Crippen LogP contribution in [0, 0.1) is 0 Å². The summed E-state index contributed by atoms with van der Waals surface area (Å²) in [5.74, 6) is 1.21. The number of aliphatic imine (C=N–C) groups is 1. The van der Waals surface area contributed by atoms with E-state index >= 15 is 0 Å². The zero-order valence-corrected chi connectivity index (χ0v) is 16.2. The molecule has 8 heteroatoms. The Bertz CT molecular complexity index is 873. The van der Waals surface area contributed by atoms with Crippen LogP contribution in [0.15, 0.2) is 55.2 Å². The number of furan rings is 1. The van der Waals surface area contributed by atoms with Crippen LogP contribution >= 0.6 is 27.7 Å². The Kier molecular flexibility index (Phi) is 5.14. The standard InChI is InChI=1S/C18H16BrN3O3S/c19-14-10-13(25-17(14)22-6-8-24-9-7-22)11-15-16(23)21-18(26-15)20-12-4-2-1-3-5-12/h1-5,10-11H,6-9H2,(H,20,21,23)/b15-11-. The number of hydrogen-bond acceptors (Lipinski definition) is 6. The van der Waals surface area contributed by atoms with Crippen molar-refractivity contribution in [3.63, 3.8) is 0 Å². The molecule has 1 amide bonds. The highest BCUT2D eigenvalue weighted by atomic mass is 79.9. The van der Waals surface area contributed by atoms with Crippen LogP contribution in [-0.2, 0) is 9.53 Å². The number of nitrogens with one attached hydrogen (secondary N) is 1. The molecule has 1 N–H and O–H groups in total. The highest BCUT2D eigenvalue weighted by Crippen LogP contribution is 2.34. The Morgan fingerprint density at radius 1 is 1.23 bits per heavy atom. The first-order valence-electron chi connectivity index (χ1n) is 8.16. The topological polar surface area (TPSA) is 67.1 Å². The Balaban J connectivity index is 1.53. The third-order valence-corrected chi connectivity index (χ3v) is 5.38. The summed E-state index contributed by atoms with van der Waals surface area (Å²) >= 11 is 4.84. The predicted octanol–water partition coefficient (Wildman–Crippen LogP) is 3.77. The van der Waals surface area contributed by atoms with E-state index in [4.69, 9.17) is 9.15 Å². The molecule has 0 radical (unpaired) electrons. The molecule has 0 unspecified atom stereocenters. The summed E-state index contributed by atoms with van der Waals surface area (Å²) in [6.45, 7) is 2.93. The highest BCUT2D eigenvalue weighted by Gasteiger charge is 2.25. The van der Waals surface area contributed by atoms with Crippen LogP contribution in [0.4, 0.5) is 11.6 Å². The first-order chi connectivity index (χ1) is 12.7. The van der Waals surface area contributed by atoms with Crippen molar-refractivity contribution in [3.05, 3.63) is 51.5 Å². The molecule has 6 nitrogen and oxygen atoms in total. The number of anilines is 1. The molecule has 26 heavy (non-hydrogen) atoms. The van der Waals surface area contributed by atoms with Crippen LogP contribution in [-0.4, -0.2) is 37.4 Å². The lowest BCUT2D eigenvalue weighted by Crippen LogP contribution is -2.36. The van der Waals surface area contributed by atoms with Crippen LogP contribution in [0.3, 0.4) is 0 Å². The van der Waals surface area contributed by atoms with E-state index in [1.165, 1.54) is 11.8 Å². The molecule has 0 saturated carbocycles. The van der Waals surface area contributed by atoms with Gasteiger partial charge in [-0.15, -0.1) is 0 Å². The largest absolute Gasteiger partial charge is 0.440 e. The van der Waals surface area contributed by atoms with Crippen molar-refractivity contribution in [3.8, 4) is 0 Å². The maximum Gasteiger partial charge on any atom is 0.264 e. The number of halogens is 1. The Morgan fingerprint density at radius 3 is 2.77 bits per heavy atom. The SMILES string of the molecule is O=C1NC(=Nc2ccccc2)S/C1=C\c1cc(Br)c(N2CCOCC2)o1. The molecule has 0 aliphatic carbocycles. The fourth-order valence-electron chi connectivity index (χ4n) is 2.66. The van der Waals surface area contributed by atoms with Gasteiger partial charge in [-0.3, -0.25) is 4.79 Å². The highest BCUT2D eigenvalue weighted by molar-refractivity contribution is 9.10. The Hall–Kier alpha value is -2.03. The molecule has 0 spiro atoms. The molecule has 2 aliphatic rings. The number of para-hydroxylation sites is 1. The molecule has 1 aromatic carbocycles. The molecule has 1 aromatic heterocycles. The summed E-state index contributed by atoms with van der Waals surface area (Å²) in [6.07, 6.45) is 1.74.